The van der Waals surface area contributed by atoms with E-state index >= 15 is 0 Å². The molecule has 3 aliphatic rings. The number of rotatable bonds is 1. The molecule has 2 aromatic rings. The van der Waals surface area contributed by atoms with E-state index in [9.17, 15) is 0 Å². The summed E-state index contributed by atoms with van der Waals surface area (Å²) in [6, 6.07) is 2.24. The summed E-state index contributed by atoms with van der Waals surface area (Å²) >= 11 is 0. The van der Waals surface area contributed by atoms with Crippen LogP contribution in [-0.4, -0.2) is 14.8 Å². The van der Waals surface area contributed by atoms with E-state index in [2.05, 4.69) is 44.2 Å². The van der Waals surface area contributed by atoms with E-state index in [1.54, 1.807) is 0 Å². The number of hydrogen-bond donors (Lipinski definition) is 0. The van der Waals surface area contributed by atoms with Crippen LogP contribution in [0.15, 0.2) is 18.3 Å². The molecule has 0 saturated heterocycles. The molecule has 3 aliphatic carbocycles. The first-order chi connectivity index (χ1) is 9.46. The quantitative estimate of drug-likeness (QED) is 0.788. The molecule has 2 bridgehead atoms. The molecular weight excluding hydrogens is 246 g/mol. The van der Waals surface area contributed by atoms with Crippen LogP contribution in [0.2, 0.25) is 0 Å². The van der Waals surface area contributed by atoms with Crippen LogP contribution in [0.25, 0.3) is 16.6 Å². The van der Waals surface area contributed by atoms with E-state index < -0.39 is 0 Å². The van der Waals surface area contributed by atoms with Gasteiger partial charge in [-0.25, -0.2) is 4.98 Å². The third kappa shape index (κ3) is 1.46. The fourth-order valence-corrected chi connectivity index (χ4v) is 4.05. The molecule has 2 heterocycles. The van der Waals surface area contributed by atoms with E-state index in [0.717, 1.165) is 17.3 Å². The Morgan fingerprint density at radius 1 is 1.35 bits per heavy atom. The molecule has 20 heavy (non-hydrogen) atoms. The van der Waals surface area contributed by atoms with Crippen molar-refractivity contribution < 1.29 is 0 Å². The zero-order chi connectivity index (χ0) is 14.1. The zero-order valence-electron chi connectivity index (χ0n) is 12.6. The van der Waals surface area contributed by atoms with E-state index in [-0.39, 0.29) is 0 Å². The molecule has 0 amide bonds. The minimum Gasteiger partial charge on any atom is -0.273 e. The van der Waals surface area contributed by atoms with Crippen LogP contribution in [0.4, 0.5) is 0 Å². The van der Waals surface area contributed by atoms with Gasteiger partial charge in [0.25, 0.3) is 0 Å². The largest absolute Gasteiger partial charge is 0.273 e. The summed E-state index contributed by atoms with van der Waals surface area (Å²) in [6.45, 7) is 6.98. The van der Waals surface area contributed by atoms with E-state index in [4.69, 9.17) is 4.98 Å². The summed E-state index contributed by atoms with van der Waals surface area (Å²) in [7, 11) is 1.96. The van der Waals surface area contributed by atoms with Crippen LogP contribution < -0.4 is 0 Å². The lowest BCUT2D eigenvalue weighted by atomic mass is 9.48. The smallest absolute Gasteiger partial charge is 0.181 e. The zero-order valence-corrected chi connectivity index (χ0v) is 12.6. The first-order valence-electron chi connectivity index (χ1n) is 7.48. The molecule has 0 radical (unpaired) electrons. The number of hydrogen-bond acceptors (Lipinski definition) is 2. The van der Waals surface area contributed by atoms with E-state index in [1.807, 2.05) is 11.7 Å². The van der Waals surface area contributed by atoms with Crippen molar-refractivity contribution in [3.05, 3.63) is 29.6 Å². The van der Waals surface area contributed by atoms with Crippen molar-refractivity contribution in [2.24, 2.45) is 24.3 Å². The second-order valence-electron chi connectivity index (χ2n) is 7.07. The maximum atomic E-state index is 4.82. The topological polar surface area (TPSA) is 30.7 Å². The summed E-state index contributed by atoms with van der Waals surface area (Å²) in [5.74, 6) is 1.55. The van der Waals surface area contributed by atoms with Gasteiger partial charge < -0.3 is 0 Å². The highest BCUT2D eigenvalue weighted by Gasteiger charge is 2.51. The van der Waals surface area contributed by atoms with Gasteiger partial charge in [-0.1, -0.05) is 19.9 Å². The summed E-state index contributed by atoms with van der Waals surface area (Å²) in [5.41, 5.74) is 5.19. The lowest BCUT2D eigenvalue weighted by Crippen LogP contribution is -2.47. The van der Waals surface area contributed by atoms with Gasteiger partial charge in [-0.15, -0.1) is 0 Å². The molecule has 1 saturated carbocycles. The molecule has 3 nitrogen and oxygen atoms in total. The molecule has 104 valence electrons. The van der Waals surface area contributed by atoms with Crippen molar-refractivity contribution in [2.75, 3.05) is 0 Å². The molecule has 0 spiro atoms. The second kappa shape index (κ2) is 3.72. The van der Waals surface area contributed by atoms with Crippen LogP contribution in [0, 0.1) is 24.2 Å². The van der Waals surface area contributed by atoms with Gasteiger partial charge in [0.05, 0.1) is 5.69 Å². The van der Waals surface area contributed by atoms with Crippen molar-refractivity contribution in [1.82, 2.24) is 14.8 Å². The highest BCUT2D eigenvalue weighted by Crippen LogP contribution is 2.61. The van der Waals surface area contributed by atoms with Gasteiger partial charge in [0, 0.05) is 18.6 Å². The fourth-order valence-electron chi connectivity index (χ4n) is 4.05. The van der Waals surface area contributed by atoms with Crippen LogP contribution in [0.1, 0.15) is 37.9 Å². The molecule has 1 fully saturated rings. The van der Waals surface area contributed by atoms with Crippen molar-refractivity contribution in [3.63, 3.8) is 0 Å². The van der Waals surface area contributed by atoms with Gasteiger partial charge in [-0.05, 0) is 54.2 Å². The molecule has 2 atom stereocenters. The number of aryl methyl sites for hydroxylation is 2. The van der Waals surface area contributed by atoms with Crippen molar-refractivity contribution in [3.8, 4) is 0 Å². The van der Waals surface area contributed by atoms with E-state index in [1.165, 1.54) is 29.4 Å². The maximum absolute atomic E-state index is 4.82. The van der Waals surface area contributed by atoms with Crippen molar-refractivity contribution in [2.45, 2.75) is 33.6 Å². The molecule has 0 aromatic carbocycles. The summed E-state index contributed by atoms with van der Waals surface area (Å²) in [6.07, 6.45) is 7.01. The SMILES string of the molecule is Cc1cc(C2=CC[C@H]3C[C@@H]2C3(C)C)nc2nn(C)cc12. The summed E-state index contributed by atoms with van der Waals surface area (Å²) < 4.78 is 1.85. The monoisotopic (exact) mass is 267 g/mol. The van der Waals surface area contributed by atoms with Crippen LogP contribution >= 0.6 is 0 Å². The number of allylic oxidation sites excluding steroid dienone is 2. The third-order valence-electron chi connectivity index (χ3n) is 5.58. The van der Waals surface area contributed by atoms with Gasteiger partial charge in [-0.2, -0.15) is 5.10 Å². The van der Waals surface area contributed by atoms with Crippen LogP contribution in [0.3, 0.4) is 0 Å². The molecule has 2 aromatic heterocycles. The normalized spacial score (nSPS) is 27.3. The van der Waals surface area contributed by atoms with Gasteiger partial charge >= 0.3 is 0 Å². The maximum Gasteiger partial charge on any atom is 0.181 e. The fraction of sp³-hybridized carbons (Fsp3) is 0.529. The highest BCUT2D eigenvalue weighted by atomic mass is 15.3. The van der Waals surface area contributed by atoms with Crippen molar-refractivity contribution in [1.29, 1.82) is 0 Å². The number of fused-ring (bicyclic) bond motifs is 2. The molecule has 3 heteroatoms. The Balaban J connectivity index is 1.85. The predicted octanol–water partition coefficient (Wildman–Crippen LogP) is 3.73. The molecule has 0 aliphatic heterocycles. The Morgan fingerprint density at radius 2 is 2.15 bits per heavy atom. The Bertz CT molecular complexity index is 736. The Morgan fingerprint density at radius 3 is 2.85 bits per heavy atom. The van der Waals surface area contributed by atoms with Gasteiger partial charge in [0.2, 0.25) is 0 Å². The molecule has 0 unspecified atom stereocenters. The lowest BCUT2D eigenvalue weighted by molar-refractivity contribution is 0.0111. The number of pyridine rings is 1. The number of aromatic nitrogens is 3. The van der Waals surface area contributed by atoms with Gasteiger partial charge in [0.15, 0.2) is 5.65 Å². The minimum atomic E-state index is 0.443. The molecule has 5 rings (SSSR count). The van der Waals surface area contributed by atoms with Crippen molar-refractivity contribution >= 4 is 16.6 Å². The van der Waals surface area contributed by atoms with Crippen LogP contribution in [0.5, 0.6) is 0 Å². The van der Waals surface area contributed by atoms with Gasteiger partial charge in [-0.3, -0.25) is 4.68 Å². The summed E-state index contributed by atoms with van der Waals surface area (Å²) in [4.78, 5) is 4.82. The first-order valence-corrected chi connectivity index (χ1v) is 7.48. The number of nitrogens with zero attached hydrogens (tertiary/aromatic N) is 3. The average Bonchev–Trinajstić information content (AvgIpc) is 2.79. The summed E-state index contributed by atoms with van der Waals surface area (Å²) in [5, 5.41) is 5.65. The first kappa shape index (κ1) is 12.1. The Kier molecular flexibility index (Phi) is 2.25. The average molecular weight is 267 g/mol. The predicted molar refractivity (Wildman–Crippen MR) is 81.2 cm³/mol. The van der Waals surface area contributed by atoms with E-state index in [0.29, 0.717) is 11.3 Å². The Labute approximate surface area is 119 Å². The Hall–Kier alpha value is -1.64. The lowest BCUT2D eigenvalue weighted by Gasteiger charge is -2.56. The second-order valence-corrected chi connectivity index (χ2v) is 7.07. The molecule has 0 N–H and O–H groups in total. The molecular formula is C17H21N3. The van der Waals surface area contributed by atoms with Crippen LogP contribution in [-0.2, 0) is 7.05 Å². The highest BCUT2D eigenvalue weighted by molar-refractivity contribution is 5.81. The standard InChI is InChI=1S/C17H21N3/c1-10-7-15(18-16-13(10)9-20(4)19-16)12-6-5-11-8-14(12)17(11,2)3/h6-7,9,11,14H,5,8H2,1-4H3/t11-,14-/m0/s1. The third-order valence-corrected chi connectivity index (χ3v) is 5.58. The minimum absolute atomic E-state index is 0.443. The van der Waals surface area contributed by atoms with Gasteiger partial charge in [0.1, 0.15) is 0 Å².